The van der Waals surface area contributed by atoms with Crippen LogP contribution in [0.3, 0.4) is 0 Å². The van der Waals surface area contributed by atoms with Crippen molar-refractivity contribution in [1.29, 1.82) is 0 Å². The summed E-state index contributed by atoms with van der Waals surface area (Å²) in [5.74, 6) is 0. The Labute approximate surface area is 141 Å². The molecule has 0 aliphatic carbocycles. The Bertz CT molecular complexity index is 678. The maximum Gasteiger partial charge on any atom is 0.126 e. The van der Waals surface area contributed by atoms with Gasteiger partial charge in [0.15, 0.2) is 0 Å². The van der Waals surface area contributed by atoms with E-state index in [4.69, 9.17) is 4.98 Å². The molecule has 0 N–H and O–H groups in total. The van der Waals surface area contributed by atoms with Crippen molar-refractivity contribution in [3.63, 3.8) is 0 Å². The highest BCUT2D eigenvalue weighted by atomic mass is 32.1. The minimum atomic E-state index is 0.537. The van der Waals surface area contributed by atoms with E-state index in [1.165, 1.54) is 51.1 Å². The summed E-state index contributed by atoms with van der Waals surface area (Å²) in [5.41, 5.74) is 2.86. The van der Waals surface area contributed by atoms with E-state index in [0.717, 1.165) is 17.1 Å². The molecular weight excluding hydrogens is 306 g/mol. The number of aryl methyl sites for hydroxylation is 1. The van der Waals surface area contributed by atoms with E-state index in [1.54, 1.807) is 11.3 Å². The standard InChI is InChI=1S/C17H25N5S/c1-20-6-3-4-17(12-20)5-7-22(13-17)10-15-11-23-16(19-15)14-8-18-21(2)9-14/h8-9,11H,3-7,10,12-13H2,1-2H3. The van der Waals surface area contributed by atoms with E-state index < -0.39 is 0 Å². The fraction of sp³-hybridized carbons (Fsp3) is 0.647. The van der Waals surface area contributed by atoms with Crippen molar-refractivity contribution in [3.8, 4) is 10.6 Å². The van der Waals surface area contributed by atoms with E-state index in [-0.39, 0.29) is 0 Å². The molecule has 1 spiro atoms. The molecule has 2 aromatic heterocycles. The van der Waals surface area contributed by atoms with Gasteiger partial charge >= 0.3 is 0 Å². The number of rotatable bonds is 3. The smallest absolute Gasteiger partial charge is 0.126 e. The molecule has 4 heterocycles. The summed E-state index contributed by atoms with van der Waals surface area (Å²) in [6.45, 7) is 5.97. The number of likely N-dealkylation sites (tertiary alicyclic amines) is 2. The third kappa shape index (κ3) is 3.20. The summed E-state index contributed by atoms with van der Waals surface area (Å²) >= 11 is 1.73. The molecule has 0 radical (unpaired) electrons. The average Bonchev–Trinajstić information content (AvgIpc) is 3.21. The van der Waals surface area contributed by atoms with Crippen LogP contribution in [0.25, 0.3) is 10.6 Å². The Hall–Kier alpha value is -1.24. The molecule has 0 bridgehead atoms. The number of nitrogens with zero attached hydrogens (tertiary/aromatic N) is 5. The number of hydrogen-bond acceptors (Lipinski definition) is 5. The minimum absolute atomic E-state index is 0.537. The summed E-state index contributed by atoms with van der Waals surface area (Å²) in [6, 6.07) is 0. The Morgan fingerprint density at radius 3 is 2.91 bits per heavy atom. The highest BCUT2D eigenvalue weighted by Crippen LogP contribution is 2.39. The zero-order chi connectivity index (χ0) is 15.9. The second-order valence-corrected chi connectivity index (χ2v) is 8.21. The zero-order valence-electron chi connectivity index (χ0n) is 14.0. The van der Waals surface area contributed by atoms with Crippen LogP contribution in [0.2, 0.25) is 0 Å². The Balaban J connectivity index is 1.40. The topological polar surface area (TPSA) is 37.2 Å². The maximum atomic E-state index is 4.82. The van der Waals surface area contributed by atoms with E-state index >= 15 is 0 Å². The number of hydrogen-bond donors (Lipinski definition) is 0. The molecule has 0 amide bonds. The predicted molar refractivity (Wildman–Crippen MR) is 93.4 cm³/mol. The van der Waals surface area contributed by atoms with Gasteiger partial charge in [-0.25, -0.2) is 4.98 Å². The fourth-order valence-electron chi connectivity index (χ4n) is 4.22. The average molecular weight is 331 g/mol. The molecule has 1 unspecified atom stereocenters. The Morgan fingerprint density at radius 1 is 1.22 bits per heavy atom. The number of thiazole rings is 1. The van der Waals surface area contributed by atoms with Crippen LogP contribution in [0.1, 0.15) is 25.0 Å². The van der Waals surface area contributed by atoms with E-state index in [1.807, 2.05) is 24.1 Å². The number of aromatic nitrogens is 3. The highest BCUT2D eigenvalue weighted by molar-refractivity contribution is 7.13. The fourth-order valence-corrected chi connectivity index (χ4v) is 5.01. The van der Waals surface area contributed by atoms with Gasteiger partial charge in [-0.15, -0.1) is 11.3 Å². The lowest BCUT2D eigenvalue weighted by molar-refractivity contribution is 0.112. The lowest BCUT2D eigenvalue weighted by Crippen LogP contribution is -2.42. The van der Waals surface area contributed by atoms with Gasteiger partial charge in [-0.2, -0.15) is 5.10 Å². The molecule has 1 atom stereocenters. The van der Waals surface area contributed by atoms with Gasteiger partial charge in [0.1, 0.15) is 5.01 Å². The lowest BCUT2D eigenvalue weighted by atomic mass is 9.79. The first-order chi connectivity index (χ1) is 11.1. The van der Waals surface area contributed by atoms with E-state index in [2.05, 4.69) is 27.3 Å². The summed E-state index contributed by atoms with van der Waals surface area (Å²) in [4.78, 5) is 9.93. The molecular formula is C17H25N5S. The quantitative estimate of drug-likeness (QED) is 0.866. The molecule has 6 heteroatoms. The lowest BCUT2D eigenvalue weighted by Gasteiger charge is -2.38. The van der Waals surface area contributed by atoms with Crippen molar-refractivity contribution in [2.24, 2.45) is 12.5 Å². The van der Waals surface area contributed by atoms with Crippen LogP contribution in [-0.2, 0) is 13.6 Å². The monoisotopic (exact) mass is 331 g/mol. The van der Waals surface area contributed by atoms with Crippen LogP contribution in [-0.4, -0.2) is 57.8 Å². The molecule has 5 nitrogen and oxygen atoms in total. The molecule has 0 saturated carbocycles. The van der Waals surface area contributed by atoms with Gasteiger partial charge in [0.25, 0.3) is 0 Å². The first-order valence-electron chi connectivity index (χ1n) is 8.46. The second-order valence-electron chi connectivity index (χ2n) is 7.35. The van der Waals surface area contributed by atoms with Crippen LogP contribution in [0.15, 0.2) is 17.8 Å². The molecule has 2 aromatic rings. The van der Waals surface area contributed by atoms with Gasteiger partial charge in [-0.1, -0.05) is 0 Å². The van der Waals surface area contributed by atoms with E-state index in [9.17, 15) is 0 Å². The molecule has 0 aromatic carbocycles. The van der Waals surface area contributed by atoms with Crippen LogP contribution < -0.4 is 0 Å². The SMILES string of the molecule is CN1CCCC2(CCN(Cc3csc(-c4cnn(C)c4)n3)C2)C1. The second kappa shape index (κ2) is 6.00. The molecule has 124 valence electrons. The largest absolute Gasteiger partial charge is 0.306 e. The van der Waals surface area contributed by atoms with Gasteiger partial charge in [-0.05, 0) is 44.8 Å². The number of piperidine rings is 1. The maximum absolute atomic E-state index is 4.82. The Morgan fingerprint density at radius 2 is 2.13 bits per heavy atom. The van der Waals surface area contributed by atoms with Crippen LogP contribution in [0.4, 0.5) is 0 Å². The van der Waals surface area contributed by atoms with Crippen LogP contribution >= 0.6 is 11.3 Å². The van der Waals surface area contributed by atoms with Crippen molar-refractivity contribution in [3.05, 3.63) is 23.5 Å². The summed E-state index contributed by atoms with van der Waals surface area (Å²) in [5, 5.41) is 7.53. The minimum Gasteiger partial charge on any atom is -0.306 e. The van der Waals surface area contributed by atoms with Crippen LogP contribution in [0.5, 0.6) is 0 Å². The zero-order valence-corrected chi connectivity index (χ0v) is 14.8. The molecule has 2 fully saturated rings. The van der Waals surface area contributed by atoms with Gasteiger partial charge in [0.05, 0.1) is 11.9 Å². The molecule has 4 rings (SSSR count). The summed E-state index contributed by atoms with van der Waals surface area (Å²) < 4.78 is 1.83. The van der Waals surface area contributed by atoms with Crippen molar-refractivity contribution < 1.29 is 0 Å². The summed E-state index contributed by atoms with van der Waals surface area (Å²) in [7, 11) is 4.22. The van der Waals surface area contributed by atoms with Crippen LogP contribution in [0, 0.1) is 5.41 Å². The Kier molecular flexibility index (Phi) is 3.99. The third-order valence-corrected chi connectivity index (χ3v) is 6.20. The normalized spacial score (nSPS) is 26.3. The first-order valence-corrected chi connectivity index (χ1v) is 9.34. The van der Waals surface area contributed by atoms with Crippen molar-refractivity contribution >= 4 is 11.3 Å². The van der Waals surface area contributed by atoms with Crippen molar-refractivity contribution in [2.45, 2.75) is 25.8 Å². The molecule has 23 heavy (non-hydrogen) atoms. The van der Waals surface area contributed by atoms with Gasteiger partial charge < -0.3 is 4.90 Å². The van der Waals surface area contributed by atoms with Crippen molar-refractivity contribution in [2.75, 3.05) is 33.2 Å². The first kappa shape index (κ1) is 15.3. The molecule has 2 aliphatic rings. The van der Waals surface area contributed by atoms with Crippen molar-refractivity contribution in [1.82, 2.24) is 24.6 Å². The summed E-state index contributed by atoms with van der Waals surface area (Å²) in [6.07, 6.45) is 8.02. The third-order valence-electron chi connectivity index (χ3n) is 5.26. The molecule has 2 aliphatic heterocycles. The predicted octanol–water partition coefficient (Wildman–Crippen LogP) is 2.46. The molecule has 2 saturated heterocycles. The van der Waals surface area contributed by atoms with E-state index in [0.29, 0.717) is 5.41 Å². The highest BCUT2D eigenvalue weighted by Gasteiger charge is 2.40. The van der Waals surface area contributed by atoms with Gasteiger partial charge in [0.2, 0.25) is 0 Å². The van der Waals surface area contributed by atoms with Gasteiger partial charge in [-0.3, -0.25) is 9.58 Å². The van der Waals surface area contributed by atoms with Gasteiger partial charge in [0, 0.05) is 43.8 Å².